The Balaban J connectivity index is 3.65. The lowest BCUT2D eigenvalue weighted by Crippen LogP contribution is -2.16. The standard InChI is InChI=1S/C20H40O2/c1-4-6-8-10-11-12-14-16-18-19(20(21)22-3)17-15-13-9-7-5-2/h19H,4-18H2,1-3H3. The van der Waals surface area contributed by atoms with E-state index in [-0.39, 0.29) is 11.9 Å². The van der Waals surface area contributed by atoms with Gasteiger partial charge < -0.3 is 4.74 Å². The van der Waals surface area contributed by atoms with Gasteiger partial charge in [0.1, 0.15) is 0 Å². The molecule has 2 nitrogen and oxygen atoms in total. The molecule has 0 amide bonds. The van der Waals surface area contributed by atoms with E-state index in [0.717, 1.165) is 12.8 Å². The average Bonchev–Trinajstić information content (AvgIpc) is 2.54. The lowest BCUT2D eigenvalue weighted by atomic mass is 9.94. The molecule has 132 valence electrons. The van der Waals surface area contributed by atoms with E-state index in [4.69, 9.17) is 4.74 Å². The van der Waals surface area contributed by atoms with Crippen LogP contribution in [-0.2, 0) is 9.53 Å². The number of carbonyl (C=O) groups excluding carboxylic acids is 1. The van der Waals surface area contributed by atoms with Crippen molar-refractivity contribution in [3.8, 4) is 0 Å². The lowest BCUT2D eigenvalue weighted by Gasteiger charge is -2.14. The Morgan fingerprint density at radius 3 is 1.41 bits per heavy atom. The predicted octanol–water partition coefficient (Wildman–Crippen LogP) is 6.67. The van der Waals surface area contributed by atoms with Gasteiger partial charge in [-0.1, -0.05) is 97.3 Å². The van der Waals surface area contributed by atoms with E-state index >= 15 is 0 Å². The van der Waals surface area contributed by atoms with Gasteiger partial charge >= 0.3 is 5.97 Å². The quantitative estimate of drug-likeness (QED) is 0.235. The van der Waals surface area contributed by atoms with Gasteiger partial charge in [0.25, 0.3) is 0 Å². The molecule has 0 fully saturated rings. The van der Waals surface area contributed by atoms with E-state index in [1.54, 1.807) is 0 Å². The number of unbranched alkanes of at least 4 members (excludes halogenated alkanes) is 11. The third-order valence-electron chi connectivity index (χ3n) is 4.60. The number of carbonyl (C=O) groups is 1. The first-order chi connectivity index (χ1) is 10.8. The Morgan fingerprint density at radius 2 is 1.05 bits per heavy atom. The van der Waals surface area contributed by atoms with Crippen molar-refractivity contribution in [3.63, 3.8) is 0 Å². The van der Waals surface area contributed by atoms with Crippen molar-refractivity contribution in [1.82, 2.24) is 0 Å². The smallest absolute Gasteiger partial charge is 0.308 e. The molecule has 2 heteroatoms. The van der Waals surface area contributed by atoms with E-state index in [0.29, 0.717) is 0 Å². The van der Waals surface area contributed by atoms with Crippen LogP contribution in [0.1, 0.15) is 110 Å². The summed E-state index contributed by atoms with van der Waals surface area (Å²) >= 11 is 0. The van der Waals surface area contributed by atoms with Gasteiger partial charge in [0.05, 0.1) is 13.0 Å². The average molecular weight is 313 g/mol. The summed E-state index contributed by atoms with van der Waals surface area (Å²) in [5, 5.41) is 0. The van der Waals surface area contributed by atoms with Crippen molar-refractivity contribution in [1.29, 1.82) is 0 Å². The molecule has 0 rings (SSSR count). The minimum Gasteiger partial charge on any atom is -0.469 e. The molecule has 0 aliphatic carbocycles. The monoisotopic (exact) mass is 312 g/mol. The van der Waals surface area contributed by atoms with E-state index in [1.165, 1.54) is 90.6 Å². The third-order valence-corrected chi connectivity index (χ3v) is 4.60. The van der Waals surface area contributed by atoms with Crippen LogP contribution in [0, 0.1) is 5.92 Å². The number of esters is 1. The fraction of sp³-hybridized carbons (Fsp3) is 0.950. The van der Waals surface area contributed by atoms with Crippen molar-refractivity contribution < 1.29 is 9.53 Å². The van der Waals surface area contributed by atoms with Gasteiger partial charge in [-0.15, -0.1) is 0 Å². The van der Waals surface area contributed by atoms with Crippen molar-refractivity contribution >= 4 is 5.97 Å². The molecule has 0 N–H and O–H groups in total. The number of hydrogen-bond acceptors (Lipinski definition) is 2. The summed E-state index contributed by atoms with van der Waals surface area (Å²) < 4.78 is 4.97. The molecule has 0 aromatic rings. The van der Waals surface area contributed by atoms with Crippen LogP contribution in [0.15, 0.2) is 0 Å². The molecule has 0 aliphatic rings. The Kier molecular flexibility index (Phi) is 16.4. The largest absolute Gasteiger partial charge is 0.469 e. The normalized spacial score (nSPS) is 12.3. The molecular formula is C20H40O2. The zero-order valence-corrected chi connectivity index (χ0v) is 15.5. The maximum absolute atomic E-state index is 11.8. The second-order valence-electron chi connectivity index (χ2n) is 6.69. The van der Waals surface area contributed by atoms with Crippen LogP contribution in [-0.4, -0.2) is 13.1 Å². The second kappa shape index (κ2) is 16.8. The first-order valence-corrected chi connectivity index (χ1v) is 9.84. The van der Waals surface area contributed by atoms with Crippen LogP contribution >= 0.6 is 0 Å². The molecule has 0 heterocycles. The molecule has 0 saturated heterocycles. The molecule has 1 unspecified atom stereocenters. The molecule has 0 spiro atoms. The highest BCUT2D eigenvalue weighted by molar-refractivity contribution is 5.72. The van der Waals surface area contributed by atoms with Crippen LogP contribution in [0.25, 0.3) is 0 Å². The number of methoxy groups -OCH3 is 1. The number of rotatable bonds is 16. The highest BCUT2D eigenvalue weighted by atomic mass is 16.5. The maximum Gasteiger partial charge on any atom is 0.308 e. The van der Waals surface area contributed by atoms with Crippen LogP contribution in [0.2, 0.25) is 0 Å². The van der Waals surface area contributed by atoms with Crippen LogP contribution in [0.4, 0.5) is 0 Å². The summed E-state index contributed by atoms with van der Waals surface area (Å²) in [7, 11) is 1.53. The molecule has 0 aromatic heterocycles. The summed E-state index contributed by atoms with van der Waals surface area (Å²) in [5.41, 5.74) is 0. The number of hydrogen-bond donors (Lipinski definition) is 0. The molecule has 0 aromatic carbocycles. The first-order valence-electron chi connectivity index (χ1n) is 9.84. The minimum atomic E-state index is 0.0124. The molecule has 0 saturated carbocycles. The van der Waals surface area contributed by atoms with Gasteiger partial charge in [-0.25, -0.2) is 0 Å². The Bertz CT molecular complexity index is 238. The predicted molar refractivity (Wildman–Crippen MR) is 96.1 cm³/mol. The first kappa shape index (κ1) is 21.5. The van der Waals surface area contributed by atoms with Gasteiger partial charge in [-0.3, -0.25) is 4.79 Å². The van der Waals surface area contributed by atoms with Gasteiger partial charge in [0.2, 0.25) is 0 Å². The van der Waals surface area contributed by atoms with Crippen molar-refractivity contribution in [2.45, 2.75) is 110 Å². The molecule has 0 bridgehead atoms. The Hall–Kier alpha value is -0.530. The lowest BCUT2D eigenvalue weighted by molar-refractivity contribution is -0.146. The van der Waals surface area contributed by atoms with Gasteiger partial charge in [-0.05, 0) is 12.8 Å². The zero-order valence-electron chi connectivity index (χ0n) is 15.5. The molecule has 0 aliphatic heterocycles. The zero-order chi connectivity index (χ0) is 16.5. The Morgan fingerprint density at radius 1 is 0.682 bits per heavy atom. The minimum absolute atomic E-state index is 0.0124. The molecule has 22 heavy (non-hydrogen) atoms. The summed E-state index contributed by atoms with van der Waals surface area (Å²) in [6, 6.07) is 0. The summed E-state index contributed by atoms with van der Waals surface area (Å²) in [6.45, 7) is 4.49. The van der Waals surface area contributed by atoms with Gasteiger partial charge in [0, 0.05) is 0 Å². The highest BCUT2D eigenvalue weighted by Gasteiger charge is 2.17. The SMILES string of the molecule is CCCCCCCCCCC(CCCCCCC)C(=O)OC. The fourth-order valence-corrected chi connectivity index (χ4v) is 3.07. The number of ether oxygens (including phenoxy) is 1. The maximum atomic E-state index is 11.8. The van der Waals surface area contributed by atoms with Crippen molar-refractivity contribution in [2.24, 2.45) is 5.92 Å². The topological polar surface area (TPSA) is 26.3 Å². The third kappa shape index (κ3) is 13.2. The van der Waals surface area contributed by atoms with Crippen LogP contribution in [0.5, 0.6) is 0 Å². The van der Waals surface area contributed by atoms with E-state index in [9.17, 15) is 4.79 Å². The summed E-state index contributed by atoms with van der Waals surface area (Å²) in [4.78, 5) is 11.8. The highest BCUT2D eigenvalue weighted by Crippen LogP contribution is 2.20. The van der Waals surface area contributed by atoms with Gasteiger partial charge in [0.15, 0.2) is 0 Å². The van der Waals surface area contributed by atoms with Crippen LogP contribution < -0.4 is 0 Å². The van der Waals surface area contributed by atoms with E-state index in [2.05, 4.69) is 13.8 Å². The summed E-state index contributed by atoms with van der Waals surface area (Å²) in [6.07, 6.45) is 19.0. The van der Waals surface area contributed by atoms with Gasteiger partial charge in [-0.2, -0.15) is 0 Å². The molecule has 0 radical (unpaired) electrons. The second-order valence-corrected chi connectivity index (χ2v) is 6.69. The van der Waals surface area contributed by atoms with E-state index in [1.807, 2.05) is 0 Å². The summed E-state index contributed by atoms with van der Waals surface area (Å²) in [5.74, 6) is 0.158. The van der Waals surface area contributed by atoms with E-state index < -0.39 is 0 Å². The fourth-order valence-electron chi connectivity index (χ4n) is 3.07. The van der Waals surface area contributed by atoms with Crippen LogP contribution in [0.3, 0.4) is 0 Å². The molecule has 1 atom stereocenters. The van der Waals surface area contributed by atoms with Crippen molar-refractivity contribution in [3.05, 3.63) is 0 Å². The van der Waals surface area contributed by atoms with Crippen molar-refractivity contribution in [2.75, 3.05) is 7.11 Å². The Labute approximate surface area is 139 Å². The molecular weight excluding hydrogens is 272 g/mol.